The number of nitrogens with zero attached hydrogens (tertiary/aromatic N) is 1. The molecule has 0 N–H and O–H groups in total. The van der Waals surface area contributed by atoms with Crippen LogP contribution in [-0.4, -0.2) is 12.5 Å². The first-order valence-corrected chi connectivity index (χ1v) is 11.6. The molecule has 0 bridgehead atoms. The van der Waals surface area contributed by atoms with Crippen LogP contribution < -0.4 is 10.4 Å². The van der Waals surface area contributed by atoms with Crippen LogP contribution in [0.1, 0.15) is 0 Å². The minimum atomic E-state index is -2.09. The summed E-state index contributed by atoms with van der Waals surface area (Å²) in [5.74, 6) is 0. The number of benzene rings is 3. The molecule has 0 spiro atoms. The maximum absolute atomic E-state index is 2.53. The van der Waals surface area contributed by atoms with Crippen molar-refractivity contribution in [2.24, 2.45) is 0 Å². The van der Waals surface area contributed by atoms with Crippen LogP contribution in [0.2, 0.25) is 6.55 Å². The van der Waals surface area contributed by atoms with Crippen molar-refractivity contribution in [1.82, 2.24) is 4.23 Å². The van der Waals surface area contributed by atoms with Crippen molar-refractivity contribution in [2.75, 3.05) is 0 Å². The molecule has 0 amide bonds. The lowest BCUT2D eigenvalue weighted by Crippen LogP contribution is -2.61. The standard InChI is InChI=1S/C21H18INSi/c1-24(19-8-4-2-5-9-19,20-10-6-3-7-11-20)23-15-14-17-16-18(22)12-13-21(17)23/h2-16H,1H3. The lowest BCUT2D eigenvalue weighted by Gasteiger charge is -2.31. The summed E-state index contributed by atoms with van der Waals surface area (Å²) in [6, 6.07) is 30.9. The Hall–Kier alpha value is -1.85. The van der Waals surface area contributed by atoms with E-state index in [1.54, 1.807) is 0 Å². The molecule has 3 heteroatoms. The maximum atomic E-state index is 2.53. The molecule has 0 saturated carbocycles. The second kappa shape index (κ2) is 6.22. The average molecular weight is 439 g/mol. The number of fused-ring (bicyclic) bond motifs is 1. The molecule has 0 fully saturated rings. The molecule has 0 aliphatic rings. The van der Waals surface area contributed by atoms with E-state index in [4.69, 9.17) is 0 Å². The van der Waals surface area contributed by atoms with Gasteiger partial charge in [0.05, 0.1) is 0 Å². The average Bonchev–Trinajstić information content (AvgIpc) is 3.06. The molecule has 0 atom stereocenters. The Balaban J connectivity index is 2.03. The minimum Gasteiger partial charge on any atom is -0.366 e. The zero-order valence-corrected chi connectivity index (χ0v) is 16.6. The van der Waals surface area contributed by atoms with E-state index in [0.29, 0.717) is 0 Å². The molecule has 1 nitrogen and oxygen atoms in total. The molecule has 1 aromatic heterocycles. The molecule has 118 valence electrons. The SMILES string of the molecule is C[Si](c1ccccc1)(c1ccccc1)n1ccc2cc(I)ccc21. The van der Waals surface area contributed by atoms with Crippen LogP contribution in [0.4, 0.5) is 0 Å². The van der Waals surface area contributed by atoms with Crippen LogP contribution in [0.25, 0.3) is 10.9 Å². The Morgan fingerprint density at radius 3 is 1.92 bits per heavy atom. The second-order valence-corrected chi connectivity index (χ2v) is 11.2. The first-order valence-electron chi connectivity index (χ1n) is 8.08. The fourth-order valence-corrected chi connectivity index (χ4v) is 7.62. The van der Waals surface area contributed by atoms with Gasteiger partial charge in [0.25, 0.3) is 0 Å². The number of rotatable bonds is 3. The molecule has 4 aromatic rings. The summed E-state index contributed by atoms with van der Waals surface area (Å²) >= 11 is 2.38. The van der Waals surface area contributed by atoms with Crippen LogP contribution in [0.5, 0.6) is 0 Å². The number of hydrogen-bond acceptors (Lipinski definition) is 0. The Labute approximate surface area is 157 Å². The molecular weight excluding hydrogens is 421 g/mol. The highest BCUT2D eigenvalue weighted by molar-refractivity contribution is 14.1. The zero-order chi connectivity index (χ0) is 16.6. The topological polar surface area (TPSA) is 4.93 Å². The van der Waals surface area contributed by atoms with E-state index in [9.17, 15) is 0 Å². The van der Waals surface area contributed by atoms with E-state index in [1.165, 1.54) is 24.8 Å². The number of aromatic nitrogens is 1. The van der Waals surface area contributed by atoms with Crippen molar-refractivity contribution in [1.29, 1.82) is 0 Å². The molecule has 0 unspecified atom stereocenters. The zero-order valence-electron chi connectivity index (χ0n) is 13.5. The molecule has 1 heterocycles. The van der Waals surface area contributed by atoms with Gasteiger partial charge >= 0.3 is 0 Å². The van der Waals surface area contributed by atoms with Gasteiger partial charge in [0.1, 0.15) is 0 Å². The van der Waals surface area contributed by atoms with Crippen molar-refractivity contribution in [3.05, 3.63) is 94.7 Å². The van der Waals surface area contributed by atoms with Gasteiger partial charge in [0.15, 0.2) is 0 Å². The lowest BCUT2D eigenvalue weighted by atomic mass is 10.3. The van der Waals surface area contributed by atoms with Crippen molar-refractivity contribution < 1.29 is 0 Å². The van der Waals surface area contributed by atoms with Crippen molar-refractivity contribution in [3.63, 3.8) is 0 Å². The summed E-state index contributed by atoms with van der Waals surface area (Å²) in [7, 11) is -2.09. The summed E-state index contributed by atoms with van der Waals surface area (Å²) in [5, 5.41) is 4.16. The highest BCUT2D eigenvalue weighted by Gasteiger charge is 2.35. The van der Waals surface area contributed by atoms with Gasteiger partial charge < -0.3 is 4.23 Å². The van der Waals surface area contributed by atoms with E-state index >= 15 is 0 Å². The van der Waals surface area contributed by atoms with Gasteiger partial charge in [-0.25, -0.2) is 0 Å². The fraction of sp³-hybridized carbons (Fsp3) is 0.0476. The van der Waals surface area contributed by atoms with Crippen LogP contribution in [-0.2, 0) is 0 Å². The summed E-state index contributed by atoms with van der Waals surface area (Å²) in [6.07, 6.45) is 2.27. The molecule has 3 aromatic carbocycles. The van der Waals surface area contributed by atoms with Crippen LogP contribution >= 0.6 is 22.6 Å². The van der Waals surface area contributed by atoms with Gasteiger partial charge in [-0.15, -0.1) is 0 Å². The van der Waals surface area contributed by atoms with Crippen molar-refractivity contribution in [2.45, 2.75) is 6.55 Å². The Morgan fingerprint density at radius 1 is 0.750 bits per heavy atom. The fourth-order valence-electron chi connectivity index (χ4n) is 3.47. The van der Waals surface area contributed by atoms with E-state index in [1.807, 2.05) is 0 Å². The van der Waals surface area contributed by atoms with Gasteiger partial charge in [-0.1, -0.05) is 60.7 Å². The minimum absolute atomic E-state index is 1.28. The van der Waals surface area contributed by atoms with E-state index in [-0.39, 0.29) is 0 Å². The Morgan fingerprint density at radius 2 is 1.33 bits per heavy atom. The molecule has 24 heavy (non-hydrogen) atoms. The van der Waals surface area contributed by atoms with Crippen LogP contribution in [0.15, 0.2) is 91.1 Å². The van der Waals surface area contributed by atoms with E-state index in [2.05, 4.69) is 124 Å². The monoisotopic (exact) mass is 439 g/mol. The second-order valence-electron chi connectivity index (χ2n) is 6.19. The molecule has 4 rings (SSSR count). The lowest BCUT2D eigenvalue weighted by molar-refractivity contribution is 1.23. The highest BCUT2D eigenvalue weighted by Crippen LogP contribution is 2.22. The third kappa shape index (κ3) is 2.52. The number of hydrogen-bond donors (Lipinski definition) is 0. The summed E-state index contributed by atoms with van der Waals surface area (Å²) in [4.78, 5) is 0. The Kier molecular flexibility index (Phi) is 4.06. The van der Waals surface area contributed by atoms with Gasteiger partial charge in [-0.05, 0) is 75.4 Å². The largest absolute Gasteiger partial charge is 0.366 e. The third-order valence-corrected chi connectivity index (χ3v) is 9.75. The highest BCUT2D eigenvalue weighted by atomic mass is 127. The molecule has 0 saturated heterocycles. The van der Waals surface area contributed by atoms with E-state index < -0.39 is 8.24 Å². The smallest absolute Gasteiger partial charge is 0.221 e. The van der Waals surface area contributed by atoms with Crippen LogP contribution in [0, 0.1) is 3.57 Å². The molecule has 0 aliphatic heterocycles. The third-order valence-electron chi connectivity index (χ3n) is 4.81. The quantitative estimate of drug-likeness (QED) is 0.328. The first-order chi connectivity index (χ1) is 11.7. The predicted molar refractivity (Wildman–Crippen MR) is 114 cm³/mol. The normalized spacial score (nSPS) is 11.8. The van der Waals surface area contributed by atoms with Crippen LogP contribution in [0.3, 0.4) is 0 Å². The Bertz CT molecular complexity index is 937. The van der Waals surface area contributed by atoms with Gasteiger partial charge in [0, 0.05) is 9.09 Å². The van der Waals surface area contributed by atoms with Crippen molar-refractivity contribution in [3.8, 4) is 0 Å². The number of halogens is 1. The summed E-state index contributed by atoms with van der Waals surface area (Å²) < 4.78 is 3.81. The van der Waals surface area contributed by atoms with Gasteiger partial charge in [-0.3, -0.25) is 0 Å². The van der Waals surface area contributed by atoms with Crippen molar-refractivity contribution >= 4 is 52.1 Å². The maximum Gasteiger partial charge on any atom is 0.221 e. The molecule has 0 radical (unpaired) electrons. The predicted octanol–water partition coefficient (Wildman–Crippen LogP) is 4.48. The van der Waals surface area contributed by atoms with Gasteiger partial charge in [-0.2, -0.15) is 0 Å². The molecular formula is C21H18INSi. The van der Waals surface area contributed by atoms with Gasteiger partial charge in [0.2, 0.25) is 8.24 Å². The summed E-state index contributed by atoms with van der Waals surface area (Å²) in [5.41, 5.74) is 1.32. The first kappa shape index (κ1) is 15.7. The molecule has 0 aliphatic carbocycles. The summed E-state index contributed by atoms with van der Waals surface area (Å²) in [6.45, 7) is 2.44. The van der Waals surface area contributed by atoms with E-state index in [0.717, 1.165) is 0 Å².